The summed E-state index contributed by atoms with van der Waals surface area (Å²) in [5.74, 6) is 0.276. The molecular weight excluding hydrogens is 468 g/mol. The van der Waals surface area contributed by atoms with Gasteiger partial charge in [-0.1, -0.05) is 64.1 Å². The van der Waals surface area contributed by atoms with Crippen LogP contribution < -0.4 is 10.1 Å². The summed E-state index contributed by atoms with van der Waals surface area (Å²) in [5, 5.41) is 2.85. The molecule has 5 nitrogen and oxygen atoms in total. The zero-order chi connectivity index (χ0) is 23.7. The Labute approximate surface area is 200 Å². The zero-order valence-electron chi connectivity index (χ0n) is 19.8. The summed E-state index contributed by atoms with van der Waals surface area (Å²) >= 11 is 3.56. The molecule has 0 aliphatic rings. The first-order valence-corrected chi connectivity index (χ1v) is 12.0. The smallest absolute Gasteiger partial charge is 0.261 e. The van der Waals surface area contributed by atoms with Crippen molar-refractivity contribution in [2.24, 2.45) is 0 Å². The topological polar surface area (TPSA) is 58.6 Å². The molecule has 32 heavy (non-hydrogen) atoms. The molecule has 6 heteroatoms. The number of carbonyl (C=O) groups is 2. The lowest BCUT2D eigenvalue weighted by molar-refractivity contribution is -0.142. The SMILES string of the molecule is CCNC(=O)[C@@H](CC)N(CCc1ccccc1)C(=O)COc1ccc(C(C)(C)C)cc1Br. The Kier molecular flexibility index (Phi) is 9.76. The number of halogens is 1. The standard InChI is InChI=1S/C26H35BrN2O3/c1-6-22(25(31)28-7-2)29(16-15-19-11-9-8-10-12-19)24(30)18-32-23-14-13-20(17-21(23)27)26(3,4)5/h8-14,17,22H,6-7,15-16,18H2,1-5H3,(H,28,31)/t22-/m1/s1. The number of hydrogen-bond acceptors (Lipinski definition) is 3. The predicted molar refractivity (Wildman–Crippen MR) is 133 cm³/mol. The molecule has 0 aliphatic carbocycles. The molecule has 0 spiro atoms. The summed E-state index contributed by atoms with van der Waals surface area (Å²) in [4.78, 5) is 27.5. The van der Waals surface area contributed by atoms with E-state index in [1.807, 2.05) is 62.4 Å². The number of likely N-dealkylation sites (N-methyl/N-ethyl adjacent to an activating group) is 1. The van der Waals surface area contributed by atoms with E-state index in [1.165, 1.54) is 5.56 Å². The van der Waals surface area contributed by atoms with Crippen LogP contribution in [0.2, 0.25) is 0 Å². The number of hydrogen-bond donors (Lipinski definition) is 1. The van der Waals surface area contributed by atoms with Gasteiger partial charge in [-0.25, -0.2) is 0 Å². The van der Waals surface area contributed by atoms with Gasteiger partial charge in [-0.2, -0.15) is 0 Å². The number of rotatable bonds is 10. The first-order valence-electron chi connectivity index (χ1n) is 11.2. The Morgan fingerprint density at radius 3 is 2.34 bits per heavy atom. The van der Waals surface area contributed by atoms with Crippen LogP contribution in [-0.4, -0.2) is 42.5 Å². The van der Waals surface area contributed by atoms with E-state index in [4.69, 9.17) is 4.74 Å². The van der Waals surface area contributed by atoms with Crippen LogP contribution in [-0.2, 0) is 21.4 Å². The molecule has 0 aliphatic heterocycles. The van der Waals surface area contributed by atoms with Gasteiger partial charge in [-0.05, 0) is 64.4 Å². The number of benzene rings is 2. The zero-order valence-corrected chi connectivity index (χ0v) is 21.4. The number of nitrogens with zero attached hydrogens (tertiary/aromatic N) is 1. The molecule has 0 bridgehead atoms. The fourth-order valence-corrected chi connectivity index (χ4v) is 3.99. The number of amides is 2. The van der Waals surface area contributed by atoms with Crippen molar-refractivity contribution in [1.82, 2.24) is 10.2 Å². The summed E-state index contributed by atoms with van der Waals surface area (Å²) in [6.45, 7) is 11.1. The van der Waals surface area contributed by atoms with Crippen LogP contribution in [0.4, 0.5) is 0 Å². The Morgan fingerprint density at radius 2 is 1.78 bits per heavy atom. The average Bonchev–Trinajstić information content (AvgIpc) is 2.75. The number of nitrogens with one attached hydrogen (secondary N) is 1. The maximum Gasteiger partial charge on any atom is 0.261 e. The molecule has 174 valence electrons. The minimum absolute atomic E-state index is 0.0199. The highest BCUT2D eigenvalue weighted by Crippen LogP contribution is 2.31. The van der Waals surface area contributed by atoms with Crippen molar-refractivity contribution in [2.45, 2.75) is 58.9 Å². The monoisotopic (exact) mass is 502 g/mol. The average molecular weight is 503 g/mol. The van der Waals surface area contributed by atoms with E-state index in [9.17, 15) is 9.59 Å². The molecule has 1 N–H and O–H groups in total. The van der Waals surface area contributed by atoms with E-state index < -0.39 is 6.04 Å². The molecule has 2 aromatic rings. The molecule has 0 heterocycles. The van der Waals surface area contributed by atoms with Crippen molar-refractivity contribution in [2.75, 3.05) is 19.7 Å². The lowest BCUT2D eigenvalue weighted by Gasteiger charge is -2.30. The van der Waals surface area contributed by atoms with Crippen LogP contribution in [0.1, 0.15) is 52.2 Å². The van der Waals surface area contributed by atoms with Gasteiger partial charge in [-0.3, -0.25) is 9.59 Å². The molecule has 1 atom stereocenters. The normalized spacial score (nSPS) is 12.2. The summed E-state index contributed by atoms with van der Waals surface area (Å²) < 4.78 is 6.67. The highest BCUT2D eigenvalue weighted by Gasteiger charge is 2.28. The Bertz CT molecular complexity index is 894. The van der Waals surface area contributed by atoms with Gasteiger partial charge in [0.15, 0.2) is 6.61 Å². The summed E-state index contributed by atoms with van der Waals surface area (Å²) in [5.41, 5.74) is 2.32. The highest BCUT2D eigenvalue weighted by molar-refractivity contribution is 9.10. The first kappa shape index (κ1) is 25.9. The lowest BCUT2D eigenvalue weighted by atomic mass is 9.87. The van der Waals surface area contributed by atoms with Gasteiger partial charge in [-0.15, -0.1) is 0 Å². The summed E-state index contributed by atoms with van der Waals surface area (Å²) in [6.07, 6.45) is 1.21. The predicted octanol–water partition coefficient (Wildman–Crippen LogP) is 5.11. The van der Waals surface area contributed by atoms with E-state index in [2.05, 4.69) is 42.0 Å². The molecule has 0 unspecified atom stereocenters. The Morgan fingerprint density at radius 1 is 1.09 bits per heavy atom. The molecule has 2 amide bonds. The van der Waals surface area contributed by atoms with Crippen LogP contribution in [0.3, 0.4) is 0 Å². The minimum Gasteiger partial charge on any atom is -0.483 e. The van der Waals surface area contributed by atoms with Crippen molar-refractivity contribution in [3.05, 3.63) is 64.1 Å². The third-order valence-corrected chi connectivity index (χ3v) is 5.99. The molecule has 0 fully saturated rings. The van der Waals surface area contributed by atoms with Crippen LogP contribution in [0, 0.1) is 0 Å². The molecule has 0 aromatic heterocycles. The number of carbonyl (C=O) groups excluding carboxylic acids is 2. The molecule has 2 rings (SSSR count). The maximum atomic E-state index is 13.2. The van der Waals surface area contributed by atoms with Gasteiger partial charge in [0, 0.05) is 13.1 Å². The van der Waals surface area contributed by atoms with Gasteiger partial charge in [0.1, 0.15) is 11.8 Å². The van der Waals surface area contributed by atoms with E-state index >= 15 is 0 Å². The lowest BCUT2D eigenvalue weighted by Crippen LogP contribution is -2.51. The third kappa shape index (κ3) is 7.37. The molecule has 0 saturated heterocycles. The first-order chi connectivity index (χ1) is 15.2. The second kappa shape index (κ2) is 12.0. The van der Waals surface area contributed by atoms with Crippen molar-refractivity contribution in [3.8, 4) is 5.75 Å². The Balaban J connectivity index is 2.15. The van der Waals surface area contributed by atoms with Gasteiger partial charge in [0.25, 0.3) is 5.91 Å². The van der Waals surface area contributed by atoms with Crippen molar-refractivity contribution < 1.29 is 14.3 Å². The van der Waals surface area contributed by atoms with Crippen LogP contribution in [0.15, 0.2) is 53.0 Å². The molecular formula is C26H35BrN2O3. The van der Waals surface area contributed by atoms with Gasteiger partial charge >= 0.3 is 0 Å². The quantitative estimate of drug-likeness (QED) is 0.490. The highest BCUT2D eigenvalue weighted by atomic mass is 79.9. The third-order valence-electron chi connectivity index (χ3n) is 5.37. The van der Waals surface area contributed by atoms with E-state index in [0.717, 1.165) is 10.0 Å². The maximum absolute atomic E-state index is 13.2. The van der Waals surface area contributed by atoms with Gasteiger partial charge < -0.3 is 15.0 Å². The largest absolute Gasteiger partial charge is 0.483 e. The van der Waals surface area contributed by atoms with Crippen LogP contribution in [0.5, 0.6) is 5.75 Å². The number of ether oxygens (including phenoxy) is 1. The second-order valence-electron chi connectivity index (χ2n) is 8.83. The Hall–Kier alpha value is -2.34. The molecule has 0 radical (unpaired) electrons. The van der Waals surface area contributed by atoms with Crippen molar-refractivity contribution in [3.63, 3.8) is 0 Å². The fourth-order valence-electron chi connectivity index (χ4n) is 3.49. The van der Waals surface area contributed by atoms with Crippen molar-refractivity contribution >= 4 is 27.7 Å². The molecule has 0 saturated carbocycles. The van der Waals surface area contributed by atoms with Crippen LogP contribution in [0.25, 0.3) is 0 Å². The summed E-state index contributed by atoms with van der Waals surface area (Å²) in [6, 6.07) is 15.4. The van der Waals surface area contributed by atoms with Gasteiger partial charge in [0.2, 0.25) is 5.91 Å². The van der Waals surface area contributed by atoms with Gasteiger partial charge in [0.05, 0.1) is 4.47 Å². The second-order valence-corrected chi connectivity index (χ2v) is 9.68. The fraction of sp³-hybridized carbons (Fsp3) is 0.462. The van der Waals surface area contributed by atoms with Crippen LogP contribution >= 0.6 is 15.9 Å². The van der Waals surface area contributed by atoms with E-state index in [0.29, 0.717) is 31.7 Å². The summed E-state index contributed by atoms with van der Waals surface area (Å²) in [7, 11) is 0. The molecule has 2 aromatic carbocycles. The van der Waals surface area contributed by atoms with E-state index in [1.54, 1.807) is 4.90 Å². The minimum atomic E-state index is -0.526. The van der Waals surface area contributed by atoms with E-state index in [-0.39, 0.29) is 23.8 Å². The van der Waals surface area contributed by atoms with Crippen molar-refractivity contribution in [1.29, 1.82) is 0 Å².